The highest BCUT2D eigenvalue weighted by Gasteiger charge is 2.37. The Bertz CT molecular complexity index is 1030. The molecule has 0 unspecified atom stereocenters. The van der Waals surface area contributed by atoms with Crippen LogP contribution in [-0.2, 0) is 11.2 Å². The molecular formula is C25H33N5O2. The number of H-pyrrole nitrogens is 1. The standard InChI is InChI=1S/C25H33N5O2/c1-4-18-9-10-26-22(12-18)20-13-23(25(32)27-14-20)30(15-19-7-8-19)21-16-29(17-21)24(31)6-5-11-28(2)3/h5-6,9-10,12-14,19,21H,4,7-8,11,15-17H2,1-3H3,(H,27,32)/b6-5+. The summed E-state index contributed by atoms with van der Waals surface area (Å²) in [5.41, 5.74) is 3.59. The minimum atomic E-state index is -0.0864. The molecule has 0 aromatic carbocycles. The van der Waals surface area contributed by atoms with Gasteiger partial charge in [-0.25, -0.2) is 0 Å². The van der Waals surface area contributed by atoms with Crippen LogP contribution in [0.2, 0.25) is 0 Å². The number of aromatic amines is 1. The Morgan fingerprint density at radius 1 is 1.28 bits per heavy atom. The van der Waals surface area contributed by atoms with Gasteiger partial charge in [0.1, 0.15) is 5.69 Å². The van der Waals surface area contributed by atoms with Crippen molar-refractivity contribution in [3.63, 3.8) is 0 Å². The van der Waals surface area contributed by atoms with Crippen LogP contribution in [0.15, 0.2) is 47.5 Å². The van der Waals surface area contributed by atoms with Crippen LogP contribution in [0.1, 0.15) is 25.3 Å². The van der Waals surface area contributed by atoms with Gasteiger partial charge in [-0.15, -0.1) is 0 Å². The molecule has 1 aliphatic heterocycles. The number of nitrogens with zero attached hydrogens (tertiary/aromatic N) is 4. The van der Waals surface area contributed by atoms with Crippen LogP contribution < -0.4 is 10.5 Å². The van der Waals surface area contributed by atoms with E-state index in [0.717, 1.165) is 30.8 Å². The van der Waals surface area contributed by atoms with Gasteiger partial charge in [-0.3, -0.25) is 14.6 Å². The number of carbonyl (C=O) groups is 1. The van der Waals surface area contributed by atoms with E-state index in [2.05, 4.69) is 27.9 Å². The van der Waals surface area contributed by atoms with Gasteiger partial charge in [-0.1, -0.05) is 13.0 Å². The largest absolute Gasteiger partial charge is 0.360 e. The molecule has 2 aromatic heterocycles. The van der Waals surface area contributed by atoms with Crippen LogP contribution in [0.4, 0.5) is 5.69 Å². The van der Waals surface area contributed by atoms with Crippen molar-refractivity contribution < 1.29 is 4.79 Å². The monoisotopic (exact) mass is 435 g/mol. The second-order valence-corrected chi connectivity index (χ2v) is 9.16. The predicted octanol–water partition coefficient (Wildman–Crippen LogP) is 2.54. The molecule has 0 atom stereocenters. The molecule has 7 nitrogen and oxygen atoms in total. The number of nitrogens with one attached hydrogen (secondary N) is 1. The third kappa shape index (κ3) is 5.27. The van der Waals surface area contributed by atoms with E-state index in [1.165, 1.54) is 18.4 Å². The van der Waals surface area contributed by atoms with Gasteiger partial charge in [-0.05, 0) is 63.0 Å². The predicted molar refractivity (Wildman–Crippen MR) is 128 cm³/mol. The van der Waals surface area contributed by atoms with E-state index >= 15 is 0 Å². The third-order valence-electron chi connectivity index (χ3n) is 6.22. The van der Waals surface area contributed by atoms with Gasteiger partial charge in [0.2, 0.25) is 5.91 Å². The summed E-state index contributed by atoms with van der Waals surface area (Å²) in [6.07, 6.45) is 10.5. The molecule has 0 bridgehead atoms. The van der Waals surface area contributed by atoms with Crippen LogP contribution in [-0.4, -0.2) is 72.0 Å². The number of likely N-dealkylation sites (tertiary alicyclic amines) is 1. The van der Waals surface area contributed by atoms with Crippen molar-refractivity contribution in [2.75, 3.05) is 45.2 Å². The molecule has 2 fully saturated rings. The summed E-state index contributed by atoms with van der Waals surface area (Å²) >= 11 is 0. The van der Waals surface area contributed by atoms with Crippen molar-refractivity contribution in [3.05, 3.63) is 58.7 Å². The first-order chi connectivity index (χ1) is 15.4. The number of aromatic nitrogens is 2. The topological polar surface area (TPSA) is 72.5 Å². The van der Waals surface area contributed by atoms with E-state index in [9.17, 15) is 9.59 Å². The fourth-order valence-corrected chi connectivity index (χ4v) is 4.01. The minimum absolute atomic E-state index is 0.0395. The van der Waals surface area contributed by atoms with E-state index in [1.54, 1.807) is 12.3 Å². The zero-order valence-electron chi connectivity index (χ0n) is 19.3. The maximum Gasteiger partial charge on any atom is 0.271 e. The molecule has 7 heteroatoms. The molecule has 1 aliphatic carbocycles. The van der Waals surface area contributed by atoms with E-state index in [1.807, 2.05) is 48.3 Å². The molecule has 170 valence electrons. The van der Waals surface area contributed by atoms with Gasteiger partial charge in [0.15, 0.2) is 0 Å². The summed E-state index contributed by atoms with van der Waals surface area (Å²) in [5.74, 6) is 0.669. The van der Waals surface area contributed by atoms with E-state index in [4.69, 9.17) is 0 Å². The van der Waals surface area contributed by atoms with E-state index in [0.29, 0.717) is 24.7 Å². The molecule has 3 heterocycles. The first-order valence-electron chi connectivity index (χ1n) is 11.5. The van der Waals surface area contributed by atoms with Crippen LogP contribution >= 0.6 is 0 Å². The second kappa shape index (κ2) is 9.69. The Hall–Kier alpha value is -2.93. The molecule has 32 heavy (non-hydrogen) atoms. The second-order valence-electron chi connectivity index (χ2n) is 9.16. The van der Waals surface area contributed by atoms with Gasteiger partial charge in [-0.2, -0.15) is 0 Å². The van der Waals surface area contributed by atoms with Gasteiger partial charge < -0.3 is 19.7 Å². The SMILES string of the molecule is CCc1ccnc(-c2c[nH]c(=O)c(N(CC3CC3)C3CN(C(=O)/C=C/CN(C)C)C3)c2)c1. The smallest absolute Gasteiger partial charge is 0.271 e. The van der Waals surface area contributed by atoms with Crippen molar-refractivity contribution in [3.8, 4) is 11.3 Å². The van der Waals surface area contributed by atoms with Crippen molar-refractivity contribution in [1.82, 2.24) is 19.8 Å². The van der Waals surface area contributed by atoms with Crippen molar-refractivity contribution >= 4 is 11.6 Å². The van der Waals surface area contributed by atoms with Crippen LogP contribution in [0.5, 0.6) is 0 Å². The number of rotatable bonds is 9. The molecule has 1 saturated heterocycles. The lowest BCUT2D eigenvalue weighted by molar-refractivity contribution is -0.130. The summed E-state index contributed by atoms with van der Waals surface area (Å²) in [7, 11) is 3.95. The van der Waals surface area contributed by atoms with Gasteiger partial charge in [0.25, 0.3) is 5.56 Å². The van der Waals surface area contributed by atoms with Crippen molar-refractivity contribution in [1.29, 1.82) is 0 Å². The van der Waals surface area contributed by atoms with Gasteiger partial charge >= 0.3 is 0 Å². The number of hydrogen-bond donors (Lipinski definition) is 1. The maximum atomic E-state index is 12.8. The Morgan fingerprint density at radius 2 is 2.06 bits per heavy atom. The number of pyridine rings is 2. The van der Waals surface area contributed by atoms with E-state index < -0.39 is 0 Å². The minimum Gasteiger partial charge on any atom is -0.360 e. The number of aryl methyl sites for hydroxylation is 1. The highest BCUT2D eigenvalue weighted by Crippen LogP contribution is 2.33. The first-order valence-corrected chi connectivity index (χ1v) is 11.5. The van der Waals surface area contributed by atoms with Crippen LogP contribution in [0.25, 0.3) is 11.3 Å². The van der Waals surface area contributed by atoms with Crippen LogP contribution in [0, 0.1) is 5.92 Å². The quantitative estimate of drug-likeness (QED) is 0.613. The highest BCUT2D eigenvalue weighted by atomic mass is 16.2. The number of anilines is 1. The lowest BCUT2D eigenvalue weighted by Crippen LogP contribution is -2.62. The van der Waals surface area contributed by atoms with Gasteiger partial charge in [0.05, 0.1) is 11.7 Å². The molecule has 0 spiro atoms. The fourth-order valence-electron chi connectivity index (χ4n) is 4.01. The molecule has 1 N–H and O–H groups in total. The average Bonchev–Trinajstić information content (AvgIpc) is 3.56. The third-order valence-corrected chi connectivity index (χ3v) is 6.22. The zero-order valence-corrected chi connectivity index (χ0v) is 19.3. The Kier molecular flexibility index (Phi) is 6.74. The number of hydrogen-bond acceptors (Lipinski definition) is 5. The van der Waals surface area contributed by atoms with Crippen molar-refractivity contribution in [2.24, 2.45) is 5.92 Å². The molecular weight excluding hydrogens is 402 g/mol. The lowest BCUT2D eigenvalue weighted by Gasteiger charge is -2.46. The molecule has 2 aromatic rings. The summed E-state index contributed by atoms with van der Waals surface area (Å²) < 4.78 is 0. The lowest BCUT2D eigenvalue weighted by atomic mass is 10.0. The average molecular weight is 436 g/mol. The normalized spacial score (nSPS) is 16.6. The summed E-state index contributed by atoms with van der Waals surface area (Å²) in [5, 5.41) is 0. The highest BCUT2D eigenvalue weighted by molar-refractivity contribution is 5.88. The molecule has 1 saturated carbocycles. The number of amides is 1. The fraction of sp³-hybridized carbons (Fsp3) is 0.480. The molecule has 0 radical (unpaired) electrons. The number of carbonyl (C=O) groups excluding carboxylic acids is 1. The Balaban J connectivity index is 1.52. The summed E-state index contributed by atoms with van der Waals surface area (Å²) in [6, 6.07) is 6.22. The Morgan fingerprint density at radius 3 is 2.75 bits per heavy atom. The summed E-state index contributed by atoms with van der Waals surface area (Å²) in [6.45, 7) is 5.01. The molecule has 4 rings (SSSR count). The molecule has 1 amide bonds. The first kappa shape index (κ1) is 22.3. The van der Waals surface area contributed by atoms with Crippen LogP contribution in [0.3, 0.4) is 0 Å². The zero-order chi connectivity index (χ0) is 22.7. The Labute approximate surface area is 189 Å². The maximum absolute atomic E-state index is 12.8. The molecule has 2 aliphatic rings. The summed E-state index contributed by atoms with van der Waals surface area (Å²) in [4.78, 5) is 38.8. The van der Waals surface area contributed by atoms with Crippen molar-refractivity contribution in [2.45, 2.75) is 32.2 Å². The van der Waals surface area contributed by atoms with E-state index in [-0.39, 0.29) is 17.5 Å². The van der Waals surface area contributed by atoms with Gasteiger partial charge in [0, 0.05) is 50.2 Å². The number of likely N-dealkylation sites (N-methyl/N-ethyl adjacent to an activating group) is 1.